The predicted octanol–water partition coefficient (Wildman–Crippen LogP) is 2.49. The number of benzene rings is 2. The lowest BCUT2D eigenvalue weighted by Gasteiger charge is -2.02. The minimum absolute atomic E-state index is 0.172. The zero-order chi connectivity index (χ0) is 10.3. The number of hydrogen-bond donors (Lipinski definition) is 1. The van der Waals surface area contributed by atoms with Gasteiger partial charge in [-0.05, 0) is 12.1 Å². The Balaban J connectivity index is 2.60. The van der Waals surface area contributed by atoms with Crippen LogP contribution in [0, 0.1) is 0 Å². The van der Waals surface area contributed by atoms with Crippen molar-refractivity contribution in [1.82, 2.24) is 10.2 Å². The summed E-state index contributed by atoms with van der Waals surface area (Å²) in [6.45, 7) is 0. The Morgan fingerprint density at radius 2 is 1.60 bits per heavy atom. The SMILES string of the molecule is Oc1cccc2c1nnc1ccccc12. The zero-order valence-corrected chi connectivity index (χ0v) is 7.88. The zero-order valence-electron chi connectivity index (χ0n) is 7.88. The summed E-state index contributed by atoms with van der Waals surface area (Å²) >= 11 is 0. The number of phenols is 1. The number of fused-ring (bicyclic) bond motifs is 3. The number of nitrogens with zero attached hydrogens (tertiary/aromatic N) is 2. The number of aromatic nitrogens is 2. The molecule has 3 aromatic rings. The summed E-state index contributed by atoms with van der Waals surface area (Å²) in [5.74, 6) is 0.172. The van der Waals surface area contributed by atoms with Crippen molar-refractivity contribution in [3.63, 3.8) is 0 Å². The Bertz CT molecular complexity index is 649. The van der Waals surface area contributed by atoms with Crippen LogP contribution >= 0.6 is 0 Å². The van der Waals surface area contributed by atoms with Gasteiger partial charge in [0.1, 0.15) is 11.3 Å². The van der Waals surface area contributed by atoms with E-state index in [1.165, 1.54) is 0 Å². The van der Waals surface area contributed by atoms with E-state index in [9.17, 15) is 5.11 Å². The van der Waals surface area contributed by atoms with Gasteiger partial charge in [0.25, 0.3) is 0 Å². The summed E-state index contributed by atoms with van der Waals surface area (Å²) in [4.78, 5) is 0. The molecule has 0 fully saturated rings. The maximum Gasteiger partial charge on any atom is 0.143 e. The fourth-order valence-corrected chi connectivity index (χ4v) is 1.75. The Kier molecular flexibility index (Phi) is 1.59. The third-order valence-corrected chi connectivity index (χ3v) is 2.47. The third kappa shape index (κ3) is 1.13. The third-order valence-electron chi connectivity index (χ3n) is 2.47. The Morgan fingerprint density at radius 1 is 0.800 bits per heavy atom. The minimum atomic E-state index is 0.172. The number of phenolic OH excluding ortho intramolecular Hbond substituents is 1. The maximum atomic E-state index is 9.63. The van der Waals surface area contributed by atoms with Gasteiger partial charge in [-0.1, -0.05) is 30.3 Å². The normalized spacial score (nSPS) is 10.9. The largest absolute Gasteiger partial charge is 0.506 e. The molecule has 3 heteroatoms. The van der Waals surface area contributed by atoms with Crippen LogP contribution in [0.5, 0.6) is 5.75 Å². The molecule has 0 saturated carbocycles. The van der Waals surface area contributed by atoms with E-state index in [1.807, 2.05) is 36.4 Å². The quantitative estimate of drug-likeness (QED) is 0.562. The molecule has 0 aliphatic rings. The molecule has 1 aromatic heterocycles. The van der Waals surface area contributed by atoms with Crippen molar-refractivity contribution in [3.05, 3.63) is 42.5 Å². The van der Waals surface area contributed by atoms with Gasteiger partial charge >= 0.3 is 0 Å². The molecule has 0 bridgehead atoms. The van der Waals surface area contributed by atoms with Gasteiger partial charge in [-0.3, -0.25) is 0 Å². The molecule has 1 heterocycles. The van der Waals surface area contributed by atoms with Crippen molar-refractivity contribution in [2.75, 3.05) is 0 Å². The van der Waals surface area contributed by atoms with Crippen LogP contribution in [0.1, 0.15) is 0 Å². The highest BCUT2D eigenvalue weighted by Crippen LogP contribution is 2.26. The molecule has 0 radical (unpaired) electrons. The van der Waals surface area contributed by atoms with E-state index in [2.05, 4.69) is 10.2 Å². The first-order valence-corrected chi connectivity index (χ1v) is 4.69. The summed E-state index contributed by atoms with van der Waals surface area (Å²) < 4.78 is 0. The van der Waals surface area contributed by atoms with Gasteiger partial charge < -0.3 is 5.11 Å². The van der Waals surface area contributed by atoms with Crippen LogP contribution in [0.4, 0.5) is 0 Å². The molecule has 0 aliphatic heterocycles. The highest BCUT2D eigenvalue weighted by atomic mass is 16.3. The maximum absolute atomic E-state index is 9.63. The molecule has 2 aromatic carbocycles. The Hall–Kier alpha value is -2.16. The molecule has 0 saturated heterocycles. The molecule has 0 atom stereocenters. The van der Waals surface area contributed by atoms with Crippen LogP contribution in [-0.2, 0) is 0 Å². The smallest absolute Gasteiger partial charge is 0.143 e. The van der Waals surface area contributed by atoms with Crippen molar-refractivity contribution in [1.29, 1.82) is 0 Å². The average molecular weight is 196 g/mol. The lowest BCUT2D eigenvalue weighted by atomic mass is 10.1. The molecule has 0 amide bonds. The molecule has 3 nitrogen and oxygen atoms in total. The van der Waals surface area contributed by atoms with Crippen molar-refractivity contribution < 1.29 is 5.11 Å². The molecule has 15 heavy (non-hydrogen) atoms. The average Bonchev–Trinajstić information content (AvgIpc) is 2.29. The lowest BCUT2D eigenvalue weighted by Crippen LogP contribution is -1.87. The summed E-state index contributed by atoms with van der Waals surface area (Å²) in [6.07, 6.45) is 0. The van der Waals surface area contributed by atoms with E-state index in [0.29, 0.717) is 5.52 Å². The first kappa shape index (κ1) is 8.17. The topological polar surface area (TPSA) is 46.0 Å². The summed E-state index contributed by atoms with van der Waals surface area (Å²) in [5.41, 5.74) is 1.40. The highest BCUT2D eigenvalue weighted by molar-refractivity contribution is 6.05. The highest BCUT2D eigenvalue weighted by Gasteiger charge is 2.04. The summed E-state index contributed by atoms with van der Waals surface area (Å²) in [6, 6.07) is 13.1. The molecular formula is C12H8N2O. The van der Waals surface area contributed by atoms with E-state index in [0.717, 1.165) is 16.3 Å². The molecule has 72 valence electrons. The van der Waals surface area contributed by atoms with E-state index >= 15 is 0 Å². The van der Waals surface area contributed by atoms with Gasteiger partial charge in [-0.25, -0.2) is 0 Å². The minimum Gasteiger partial charge on any atom is -0.506 e. The molecule has 3 rings (SSSR count). The molecular weight excluding hydrogens is 188 g/mol. The number of hydrogen-bond acceptors (Lipinski definition) is 3. The Labute approximate surface area is 86.0 Å². The van der Waals surface area contributed by atoms with Crippen molar-refractivity contribution in [3.8, 4) is 5.75 Å². The second-order valence-corrected chi connectivity index (χ2v) is 3.39. The first-order valence-electron chi connectivity index (χ1n) is 4.69. The lowest BCUT2D eigenvalue weighted by molar-refractivity contribution is 0.480. The van der Waals surface area contributed by atoms with Crippen LogP contribution < -0.4 is 0 Å². The van der Waals surface area contributed by atoms with E-state index in [1.54, 1.807) is 6.07 Å². The number of rotatable bonds is 0. The van der Waals surface area contributed by atoms with Crippen molar-refractivity contribution in [2.24, 2.45) is 0 Å². The Morgan fingerprint density at radius 3 is 2.53 bits per heavy atom. The van der Waals surface area contributed by atoms with Gasteiger partial charge in [0.2, 0.25) is 0 Å². The molecule has 0 spiro atoms. The van der Waals surface area contributed by atoms with E-state index in [-0.39, 0.29) is 5.75 Å². The van der Waals surface area contributed by atoms with Gasteiger partial charge in [0.15, 0.2) is 0 Å². The standard InChI is InChI=1S/C12H8N2O/c15-11-7-3-5-9-8-4-1-2-6-10(8)13-14-12(9)11/h1-7,15H. The van der Waals surface area contributed by atoms with Gasteiger partial charge in [0, 0.05) is 10.8 Å². The van der Waals surface area contributed by atoms with Gasteiger partial charge in [-0.2, -0.15) is 0 Å². The van der Waals surface area contributed by atoms with Crippen LogP contribution in [0.15, 0.2) is 42.5 Å². The number of aromatic hydroxyl groups is 1. The van der Waals surface area contributed by atoms with Crippen LogP contribution in [-0.4, -0.2) is 15.3 Å². The van der Waals surface area contributed by atoms with E-state index < -0.39 is 0 Å². The summed E-state index contributed by atoms with van der Waals surface area (Å²) in [5, 5.41) is 19.6. The van der Waals surface area contributed by atoms with Crippen LogP contribution in [0.2, 0.25) is 0 Å². The molecule has 1 N–H and O–H groups in total. The first-order chi connectivity index (χ1) is 7.36. The molecule has 0 aliphatic carbocycles. The van der Waals surface area contributed by atoms with Gasteiger partial charge in [0.05, 0.1) is 5.52 Å². The second kappa shape index (κ2) is 2.92. The predicted molar refractivity (Wildman–Crippen MR) is 58.7 cm³/mol. The second-order valence-electron chi connectivity index (χ2n) is 3.39. The fourth-order valence-electron chi connectivity index (χ4n) is 1.75. The van der Waals surface area contributed by atoms with E-state index in [4.69, 9.17) is 0 Å². The monoisotopic (exact) mass is 196 g/mol. The fraction of sp³-hybridized carbons (Fsp3) is 0. The van der Waals surface area contributed by atoms with Crippen LogP contribution in [0.3, 0.4) is 0 Å². The molecule has 0 unspecified atom stereocenters. The summed E-state index contributed by atoms with van der Waals surface area (Å²) in [7, 11) is 0. The van der Waals surface area contributed by atoms with Crippen molar-refractivity contribution >= 4 is 21.8 Å². The van der Waals surface area contributed by atoms with Crippen LogP contribution in [0.25, 0.3) is 21.8 Å². The van der Waals surface area contributed by atoms with Crippen molar-refractivity contribution in [2.45, 2.75) is 0 Å². The van der Waals surface area contributed by atoms with Gasteiger partial charge in [-0.15, -0.1) is 10.2 Å².